The van der Waals surface area contributed by atoms with Crippen molar-refractivity contribution in [1.29, 1.82) is 0 Å². The molecule has 8 heteroatoms. The first-order valence-corrected chi connectivity index (χ1v) is 7.17. The summed E-state index contributed by atoms with van der Waals surface area (Å²) in [5, 5.41) is 2.58. The maximum absolute atomic E-state index is 12.8. The molecule has 0 aliphatic heterocycles. The summed E-state index contributed by atoms with van der Waals surface area (Å²) in [6.07, 6.45) is -4.39. The van der Waals surface area contributed by atoms with Crippen LogP contribution in [0.5, 0.6) is 0 Å². The summed E-state index contributed by atoms with van der Waals surface area (Å²) in [6.45, 7) is 1.56. The number of benzene rings is 1. The van der Waals surface area contributed by atoms with Gasteiger partial charge in [-0.1, -0.05) is 12.1 Å². The Kier molecular flexibility index (Phi) is 5.48. The number of nitrogens with zero attached hydrogens (tertiary/aromatic N) is 2. The highest BCUT2D eigenvalue weighted by Crippen LogP contribution is 2.27. The minimum Gasteiger partial charge on any atom is -0.355 e. The van der Waals surface area contributed by atoms with E-state index in [9.17, 15) is 22.4 Å². The normalized spacial score (nSPS) is 11.4. The number of carbonyl (C=O) groups is 1. The van der Waals surface area contributed by atoms with E-state index in [1.165, 1.54) is 31.2 Å². The number of carbonyl (C=O) groups excluding carboxylic acids is 1. The first-order valence-electron chi connectivity index (χ1n) is 7.17. The van der Waals surface area contributed by atoms with Crippen molar-refractivity contribution in [2.75, 3.05) is 6.54 Å². The minimum atomic E-state index is -4.53. The number of aryl methyl sites for hydroxylation is 1. The van der Waals surface area contributed by atoms with Crippen LogP contribution in [0.15, 0.2) is 30.3 Å². The first-order chi connectivity index (χ1) is 11.2. The molecule has 1 amide bonds. The van der Waals surface area contributed by atoms with E-state index < -0.39 is 17.7 Å². The zero-order valence-corrected chi connectivity index (χ0v) is 12.8. The lowest BCUT2D eigenvalue weighted by Gasteiger charge is -2.09. The molecule has 128 valence electrons. The minimum absolute atomic E-state index is 0.0180. The van der Waals surface area contributed by atoms with Crippen LogP contribution in [0.1, 0.15) is 22.8 Å². The number of halogens is 4. The molecule has 0 aliphatic carbocycles. The van der Waals surface area contributed by atoms with Gasteiger partial charge in [0.1, 0.15) is 17.3 Å². The standard InChI is InChI=1S/C16H15F4N3O/c1-10-8-13(16(18,19)20)23-14(22-10)6-7-21-15(24)9-11-2-4-12(17)5-3-11/h2-5,8H,6-7,9H2,1H3,(H,21,24). The Labute approximate surface area is 135 Å². The summed E-state index contributed by atoms with van der Waals surface area (Å²) in [4.78, 5) is 19.2. The highest BCUT2D eigenvalue weighted by molar-refractivity contribution is 5.78. The maximum atomic E-state index is 12.8. The van der Waals surface area contributed by atoms with Gasteiger partial charge in [0.05, 0.1) is 6.42 Å². The van der Waals surface area contributed by atoms with Crippen molar-refractivity contribution in [3.63, 3.8) is 0 Å². The van der Waals surface area contributed by atoms with Gasteiger partial charge in [0.2, 0.25) is 5.91 Å². The molecule has 1 heterocycles. The summed E-state index contributed by atoms with van der Waals surface area (Å²) < 4.78 is 50.8. The third-order valence-electron chi connectivity index (χ3n) is 3.14. The van der Waals surface area contributed by atoms with Crippen molar-refractivity contribution < 1.29 is 22.4 Å². The van der Waals surface area contributed by atoms with Crippen molar-refractivity contribution in [3.8, 4) is 0 Å². The Morgan fingerprint density at radius 1 is 1.17 bits per heavy atom. The number of aromatic nitrogens is 2. The van der Waals surface area contributed by atoms with Gasteiger partial charge in [-0.05, 0) is 30.7 Å². The van der Waals surface area contributed by atoms with Gasteiger partial charge in [0, 0.05) is 18.7 Å². The molecule has 2 aromatic rings. The molecule has 0 aliphatic rings. The van der Waals surface area contributed by atoms with Gasteiger partial charge in [-0.15, -0.1) is 0 Å². The summed E-state index contributed by atoms with van der Waals surface area (Å²) >= 11 is 0. The van der Waals surface area contributed by atoms with Gasteiger partial charge in [-0.25, -0.2) is 14.4 Å². The lowest BCUT2D eigenvalue weighted by Crippen LogP contribution is -2.28. The van der Waals surface area contributed by atoms with E-state index in [1.54, 1.807) is 0 Å². The average molecular weight is 341 g/mol. The average Bonchev–Trinajstić information content (AvgIpc) is 2.48. The van der Waals surface area contributed by atoms with Crippen molar-refractivity contribution >= 4 is 5.91 Å². The van der Waals surface area contributed by atoms with E-state index in [1.807, 2.05) is 0 Å². The van der Waals surface area contributed by atoms with E-state index in [-0.39, 0.29) is 36.8 Å². The van der Waals surface area contributed by atoms with Gasteiger partial charge < -0.3 is 5.32 Å². The summed E-state index contributed by atoms with van der Waals surface area (Å²) in [5.41, 5.74) is -0.146. The highest BCUT2D eigenvalue weighted by Gasteiger charge is 2.33. The number of nitrogens with one attached hydrogen (secondary N) is 1. The van der Waals surface area contributed by atoms with Crippen LogP contribution in [0, 0.1) is 12.7 Å². The predicted octanol–water partition coefficient (Wildman–Crippen LogP) is 2.84. The first kappa shape index (κ1) is 17.8. The van der Waals surface area contributed by atoms with Gasteiger partial charge in [0.25, 0.3) is 0 Å². The van der Waals surface area contributed by atoms with Gasteiger partial charge in [-0.3, -0.25) is 4.79 Å². The molecular formula is C16H15F4N3O. The van der Waals surface area contributed by atoms with Crippen LogP contribution in [-0.4, -0.2) is 22.4 Å². The molecule has 4 nitrogen and oxygen atoms in total. The fraction of sp³-hybridized carbons (Fsp3) is 0.312. The van der Waals surface area contributed by atoms with Crippen LogP contribution in [0.3, 0.4) is 0 Å². The Hall–Kier alpha value is -2.51. The quantitative estimate of drug-likeness (QED) is 0.851. The Morgan fingerprint density at radius 3 is 2.46 bits per heavy atom. The molecule has 0 radical (unpaired) electrons. The van der Waals surface area contributed by atoms with Crippen molar-refractivity contribution in [2.45, 2.75) is 25.9 Å². The van der Waals surface area contributed by atoms with E-state index in [0.29, 0.717) is 5.56 Å². The molecule has 0 fully saturated rings. The molecule has 0 spiro atoms. The third kappa shape index (κ3) is 5.29. The van der Waals surface area contributed by atoms with Crippen molar-refractivity contribution in [3.05, 3.63) is 58.9 Å². The van der Waals surface area contributed by atoms with Gasteiger partial charge in [0.15, 0.2) is 0 Å². The summed E-state index contributed by atoms with van der Waals surface area (Å²) in [6, 6.07) is 6.36. The third-order valence-corrected chi connectivity index (χ3v) is 3.14. The number of alkyl halides is 3. The van der Waals surface area contributed by atoms with E-state index in [4.69, 9.17) is 0 Å². The van der Waals surface area contributed by atoms with Crippen LogP contribution < -0.4 is 5.32 Å². The maximum Gasteiger partial charge on any atom is 0.433 e. The molecule has 1 N–H and O–H groups in total. The number of amides is 1. The zero-order valence-electron chi connectivity index (χ0n) is 12.8. The fourth-order valence-corrected chi connectivity index (χ4v) is 2.05. The number of rotatable bonds is 5. The second kappa shape index (κ2) is 7.37. The molecule has 0 saturated carbocycles. The lowest BCUT2D eigenvalue weighted by atomic mass is 10.1. The van der Waals surface area contributed by atoms with Crippen LogP contribution in [0.25, 0.3) is 0 Å². The molecule has 24 heavy (non-hydrogen) atoms. The van der Waals surface area contributed by atoms with E-state index in [2.05, 4.69) is 15.3 Å². The lowest BCUT2D eigenvalue weighted by molar-refractivity contribution is -0.141. The predicted molar refractivity (Wildman–Crippen MR) is 78.6 cm³/mol. The Morgan fingerprint density at radius 2 is 1.83 bits per heavy atom. The van der Waals surface area contributed by atoms with Crippen LogP contribution >= 0.6 is 0 Å². The zero-order chi connectivity index (χ0) is 17.7. The molecule has 0 atom stereocenters. The van der Waals surface area contributed by atoms with Crippen LogP contribution in [0.4, 0.5) is 17.6 Å². The van der Waals surface area contributed by atoms with Crippen LogP contribution in [0.2, 0.25) is 0 Å². The molecular weight excluding hydrogens is 326 g/mol. The number of hydrogen-bond acceptors (Lipinski definition) is 3. The topological polar surface area (TPSA) is 54.9 Å². The second-order valence-corrected chi connectivity index (χ2v) is 5.21. The van der Waals surface area contributed by atoms with Crippen LogP contribution in [-0.2, 0) is 23.8 Å². The molecule has 2 rings (SSSR count). The van der Waals surface area contributed by atoms with Gasteiger partial charge >= 0.3 is 6.18 Å². The van der Waals surface area contributed by atoms with Gasteiger partial charge in [-0.2, -0.15) is 13.2 Å². The van der Waals surface area contributed by atoms with Crippen molar-refractivity contribution in [1.82, 2.24) is 15.3 Å². The molecule has 0 saturated heterocycles. The summed E-state index contributed by atoms with van der Waals surface area (Å²) in [5.74, 6) is -0.689. The molecule has 0 unspecified atom stereocenters. The van der Waals surface area contributed by atoms with E-state index >= 15 is 0 Å². The van der Waals surface area contributed by atoms with E-state index in [0.717, 1.165) is 6.07 Å². The number of hydrogen-bond donors (Lipinski definition) is 1. The fourth-order valence-electron chi connectivity index (χ4n) is 2.05. The smallest absolute Gasteiger partial charge is 0.355 e. The molecule has 0 bridgehead atoms. The monoisotopic (exact) mass is 341 g/mol. The van der Waals surface area contributed by atoms with Crippen molar-refractivity contribution in [2.24, 2.45) is 0 Å². The Bertz CT molecular complexity index is 714. The second-order valence-electron chi connectivity index (χ2n) is 5.21. The molecule has 1 aromatic heterocycles. The SMILES string of the molecule is Cc1cc(C(F)(F)F)nc(CCNC(=O)Cc2ccc(F)cc2)n1. The highest BCUT2D eigenvalue weighted by atomic mass is 19.4. The largest absolute Gasteiger partial charge is 0.433 e. The molecule has 1 aromatic carbocycles. The Balaban J connectivity index is 1.88. The summed E-state index contributed by atoms with van der Waals surface area (Å²) in [7, 11) is 0.